The van der Waals surface area contributed by atoms with Crippen molar-refractivity contribution in [1.29, 1.82) is 0 Å². The number of hydrogen-bond acceptors (Lipinski definition) is 2. The van der Waals surface area contributed by atoms with Crippen LogP contribution in [-0.2, 0) is 6.54 Å². The van der Waals surface area contributed by atoms with Crippen LogP contribution in [-0.4, -0.2) is 5.91 Å². The molecule has 3 nitrogen and oxygen atoms in total. The number of carbonyl (C=O) groups is 1. The Morgan fingerprint density at radius 1 is 1.08 bits per heavy atom. The topological polar surface area (TPSA) is 42.2 Å². The molecule has 3 aromatic rings. The normalized spacial score (nSPS) is 11.0. The Labute approximate surface area is 140 Å². The van der Waals surface area contributed by atoms with Crippen molar-refractivity contribution in [3.63, 3.8) is 0 Å². The maximum absolute atomic E-state index is 13.3. The molecule has 0 aliphatic carbocycles. The van der Waals surface area contributed by atoms with Gasteiger partial charge >= 0.3 is 0 Å². The van der Waals surface area contributed by atoms with Crippen LogP contribution < -0.4 is 5.32 Å². The number of carbonyl (C=O) groups excluding carboxylic acids is 1. The Bertz CT molecular complexity index is 940. The summed E-state index contributed by atoms with van der Waals surface area (Å²) in [5.41, 5.74) is 5.39. The smallest absolute Gasteiger partial charge is 0.287 e. The van der Waals surface area contributed by atoms with Crippen LogP contribution >= 0.6 is 0 Å². The number of benzene rings is 2. The van der Waals surface area contributed by atoms with E-state index in [0.29, 0.717) is 5.76 Å². The standard InChI is InChI=1S/C20H20FNO2/c1-11-7-13(3)18-17(8-11)14(4)19(24-18)20(23)22-10-15-9-16(21)6-5-12(15)2/h5-9H,10H2,1-4H3,(H,22,23). The van der Waals surface area contributed by atoms with Gasteiger partial charge in [0.25, 0.3) is 5.91 Å². The van der Waals surface area contributed by atoms with Crippen molar-refractivity contribution < 1.29 is 13.6 Å². The van der Waals surface area contributed by atoms with Gasteiger partial charge in [0.05, 0.1) is 0 Å². The minimum absolute atomic E-state index is 0.261. The average molecular weight is 325 g/mol. The molecule has 0 bridgehead atoms. The van der Waals surface area contributed by atoms with Gasteiger partial charge in [0, 0.05) is 17.5 Å². The molecule has 0 saturated carbocycles. The quantitative estimate of drug-likeness (QED) is 0.756. The predicted molar refractivity (Wildman–Crippen MR) is 92.7 cm³/mol. The van der Waals surface area contributed by atoms with Gasteiger partial charge in [-0.3, -0.25) is 4.79 Å². The van der Waals surface area contributed by atoms with E-state index >= 15 is 0 Å². The fourth-order valence-corrected chi connectivity index (χ4v) is 2.97. The molecule has 0 fully saturated rings. The summed E-state index contributed by atoms with van der Waals surface area (Å²) in [6, 6.07) is 8.61. The minimum Gasteiger partial charge on any atom is -0.450 e. The molecule has 2 aromatic carbocycles. The van der Waals surface area contributed by atoms with E-state index in [2.05, 4.69) is 5.32 Å². The molecule has 0 unspecified atom stereocenters. The second-order valence-electron chi connectivity index (χ2n) is 6.27. The summed E-state index contributed by atoms with van der Waals surface area (Å²) < 4.78 is 19.2. The Balaban J connectivity index is 1.88. The van der Waals surface area contributed by atoms with Crippen molar-refractivity contribution in [2.24, 2.45) is 0 Å². The summed E-state index contributed by atoms with van der Waals surface area (Å²) in [5, 5.41) is 3.78. The molecule has 0 aliphatic heterocycles. The van der Waals surface area contributed by atoms with Crippen LogP contribution in [0.1, 0.15) is 38.4 Å². The maximum atomic E-state index is 13.3. The van der Waals surface area contributed by atoms with Crippen LogP contribution in [0.3, 0.4) is 0 Å². The third-order valence-electron chi connectivity index (χ3n) is 4.32. The van der Waals surface area contributed by atoms with Crippen molar-refractivity contribution >= 4 is 16.9 Å². The molecule has 0 saturated heterocycles. The van der Waals surface area contributed by atoms with E-state index in [1.807, 2.05) is 39.8 Å². The number of fused-ring (bicyclic) bond motifs is 1. The zero-order chi connectivity index (χ0) is 17.4. The first-order valence-electron chi connectivity index (χ1n) is 7.90. The Morgan fingerprint density at radius 3 is 2.58 bits per heavy atom. The number of furan rings is 1. The van der Waals surface area contributed by atoms with E-state index in [0.717, 1.165) is 38.8 Å². The minimum atomic E-state index is -0.309. The Kier molecular flexibility index (Phi) is 4.14. The lowest BCUT2D eigenvalue weighted by molar-refractivity contribution is 0.0924. The summed E-state index contributed by atoms with van der Waals surface area (Å²) >= 11 is 0. The zero-order valence-corrected chi connectivity index (χ0v) is 14.3. The highest BCUT2D eigenvalue weighted by molar-refractivity contribution is 5.99. The third-order valence-corrected chi connectivity index (χ3v) is 4.32. The molecule has 0 radical (unpaired) electrons. The van der Waals surface area contributed by atoms with E-state index in [4.69, 9.17) is 4.42 Å². The average Bonchev–Trinajstić information content (AvgIpc) is 2.85. The highest BCUT2D eigenvalue weighted by atomic mass is 19.1. The molecule has 0 atom stereocenters. The molecule has 124 valence electrons. The molecule has 4 heteroatoms. The lowest BCUT2D eigenvalue weighted by atomic mass is 10.1. The number of aryl methyl sites for hydroxylation is 4. The van der Waals surface area contributed by atoms with Crippen molar-refractivity contribution in [2.75, 3.05) is 0 Å². The maximum Gasteiger partial charge on any atom is 0.287 e. The number of rotatable bonds is 3. The molecule has 1 heterocycles. The fourth-order valence-electron chi connectivity index (χ4n) is 2.97. The van der Waals surface area contributed by atoms with Crippen LogP contribution in [0.5, 0.6) is 0 Å². The summed E-state index contributed by atoms with van der Waals surface area (Å²) in [6.45, 7) is 8.02. The van der Waals surface area contributed by atoms with E-state index in [-0.39, 0.29) is 18.3 Å². The summed E-state index contributed by atoms with van der Waals surface area (Å²) in [5.74, 6) is -0.284. The zero-order valence-electron chi connectivity index (χ0n) is 14.3. The van der Waals surface area contributed by atoms with Crippen LogP contribution in [0.2, 0.25) is 0 Å². The van der Waals surface area contributed by atoms with Gasteiger partial charge in [-0.15, -0.1) is 0 Å². The van der Waals surface area contributed by atoms with Crippen LogP contribution in [0.25, 0.3) is 11.0 Å². The van der Waals surface area contributed by atoms with Crippen molar-refractivity contribution in [3.8, 4) is 0 Å². The number of amides is 1. The van der Waals surface area contributed by atoms with E-state index < -0.39 is 0 Å². The van der Waals surface area contributed by atoms with Crippen LogP contribution in [0.4, 0.5) is 4.39 Å². The van der Waals surface area contributed by atoms with Gasteiger partial charge < -0.3 is 9.73 Å². The van der Waals surface area contributed by atoms with Gasteiger partial charge in [0.1, 0.15) is 11.4 Å². The van der Waals surface area contributed by atoms with Gasteiger partial charge in [-0.05, 0) is 68.1 Å². The van der Waals surface area contributed by atoms with Gasteiger partial charge in [-0.2, -0.15) is 0 Å². The molecular formula is C20H20FNO2. The lowest BCUT2D eigenvalue weighted by Gasteiger charge is -2.07. The van der Waals surface area contributed by atoms with Crippen LogP contribution in [0, 0.1) is 33.5 Å². The van der Waals surface area contributed by atoms with E-state index in [1.54, 1.807) is 6.07 Å². The first-order valence-corrected chi connectivity index (χ1v) is 7.90. The molecule has 1 N–H and O–H groups in total. The Hall–Kier alpha value is -2.62. The van der Waals surface area contributed by atoms with E-state index in [1.165, 1.54) is 12.1 Å². The van der Waals surface area contributed by atoms with Crippen molar-refractivity contribution in [3.05, 3.63) is 69.7 Å². The summed E-state index contributed by atoms with van der Waals surface area (Å²) in [7, 11) is 0. The molecule has 1 aromatic heterocycles. The van der Waals surface area contributed by atoms with Gasteiger partial charge in [0.15, 0.2) is 5.76 Å². The highest BCUT2D eigenvalue weighted by Gasteiger charge is 2.19. The predicted octanol–water partition coefficient (Wildman–Crippen LogP) is 4.74. The van der Waals surface area contributed by atoms with Gasteiger partial charge in [-0.1, -0.05) is 12.1 Å². The number of hydrogen-bond donors (Lipinski definition) is 1. The first kappa shape index (κ1) is 16.2. The molecule has 1 amide bonds. The monoisotopic (exact) mass is 325 g/mol. The van der Waals surface area contributed by atoms with Gasteiger partial charge in [-0.25, -0.2) is 4.39 Å². The second-order valence-corrected chi connectivity index (χ2v) is 6.27. The van der Waals surface area contributed by atoms with Crippen molar-refractivity contribution in [2.45, 2.75) is 34.2 Å². The summed E-state index contributed by atoms with van der Waals surface area (Å²) in [6.07, 6.45) is 0. The van der Waals surface area contributed by atoms with Crippen molar-refractivity contribution in [1.82, 2.24) is 5.32 Å². The number of nitrogens with one attached hydrogen (secondary N) is 1. The third kappa shape index (κ3) is 2.92. The molecule has 3 rings (SSSR count). The van der Waals surface area contributed by atoms with Crippen LogP contribution in [0.15, 0.2) is 34.7 Å². The molecular weight excluding hydrogens is 305 g/mol. The van der Waals surface area contributed by atoms with Gasteiger partial charge in [0.2, 0.25) is 0 Å². The molecule has 0 aliphatic rings. The lowest BCUT2D eigenvalue weighted by Crippen LogP contribution is -2.23. The van der Waals surface area contributed by atoms with E-state index in [9.17, 15) is 9.18 Å². The second kappa shape index (κ2) is 6.11. The molecule has 24 heavy (non-hydrogen) atoms. The fraction of sp³-hybridized carbons (Fsp3) is 0.250. The SMILES string of the molecule is Cc1cc(C)c2oc(C(=O)NCc3cc(F)ccc3C)c(C)c2c1. The summed E-state index contributed by atoms with van der Waals surface area (Å²) in [4.78, 5) is 12.5. The first-order chi connectivity index (χ1) is 11.4. The Morgan fingerprint density at radius 2 is 1.83 bits per heavy atom. The number of halogens is 1. The highest BCUT2D eigenvalue weighted by Crippen LogP contribution is 2.29. The molecule has 0 spiro atoms. The largest absolute Gasteiger partial charge is 0.450 e.